The molecule has 2 heterocycles. The van der Waals surface area contributed by atoms with E-state index in [-0.39, 0.29) is 18.1 Å². The van der Waals surface area contributed by atoms with Gasteiger partial charge in [0.15, 0.2) is 17.3 Å². The topological polar surface area (TPSA) is 75.0 Å². The fourth-order valence-electron chi connectivity index (χ4n) is 3.47. The SMILES string of the molecule is Cc1ccc2oc(-c3ccccc3)c(OC(=O)[C@H]3COc4ccccc4O3)c(=O)c2c1. The third kappa shape index (κ3) is 3.53. The molecule has 0 fully saturated rings. The Morgan fingerprint density at radius 1 is 0.968 bits per heavy atom. The van der Waals surface area contributed by atoms with E-state index in [4.69, 9.17) is 18.6 Å². The van der Waals surface area contributed by atoms with Crippen LogP contribution in [-0.4, -0.2) is 18.7 Å². The summed E-state index contributed by atoms with van der Waals surface area (Å²) in [6, 6.07) is 21.4. The molecule has 154 valence electrons. The van der Waals surface area contributed by atoms with Gasteiger partial charge >= 0.3 is 5.97 Å². The lowest BCUT2D eigenvalue weighted by Crippen LogP contribution is -2.40. The summed E-state index contributed by atoms with van der Waals surface area (Å²) in [6.07, 6.45) is -1.01. The molecule has 1 aromatic heterocycles. The number of hydrogen-bond acceptors (Lipinski definition) is 6. The molecule has 0 spiro atoms. The molecule has 1 atom stereocenters. The average molecular weight is 414 g/mol. The van der Waals surface area contributed by atoms with Gasteiger partial charge in [-0.05, 0) is 31.2 Å². The normalized spacial score (nSPS) is 14.9. The summed E-state index contributed by atoms with van der Waals surface area (Å²) in [5.41, 5.74) is 1.51. The van der Waals surface area contributed by atoms with Crippen molar-refractivity contribution in [3.63, 3.8) is 0 Å². The van der Waals surface area contributed by atoms with E-state index < -0.39 is 17.5 Å². The van der Waals surface area contributed by atoms with Crippen LogP contribution in [0.25, 0.3) is 22.3 Å². The quantitative estimate of drug-likeness (QED) is 0.459. The maximum Gasteiger partial charge on any atom is 0.356 e. The van der Waals surface area contributed by atoms with E-state index >= 15 is 0 Å². The van der Waals surface area contributed by atoms with Gasteiger partial charge in [0, 0.05) is 5.56 Å². The molecule has 6 nitrogen and oxygen atoms in total. The van der Waals surface area contributed by atoms with E-state index in [1.807, 2.05) is 37.3 Å². The summed E-state index contributed by atoms with van der Waals surface area (Å²) < 4.78 is 22.9. The van der Waals surface area contributed by atoms with E-state index in [2.05, 4.69) is 0 Å². The Kier molecular flexibility index (Phi) is 4.67. The Labute approximate surface area is 177 Å². The van der Waals surface area contributed by atoms with E-state index in [0.717, 1.165) is 5.56 Å². The number of para-hydroxylation sites is 2. The maximum absolute atomic E-state index is 13.3. The highest BCUT2D eigenvalue weighted by atomic mass is 16.6. The molecule has 0 unspecified atom stereocenters. The second-order valence-electron chi connectivity index (χ2n) is 7.24. The molecule has 1 aliphatic heterocycles. The zero-order chi connectivity index (χ0) is 21.4. The van der Waals surface area contributed by atoms with Crippen LogP contribution in [0.4, 0.5) is 0 Å². The van der Waals surface area contributed by atoms with Crippen molar-refractivity contribution in [2.24, 2.45) is 0 Å². The first-order valence-corrected chi connectivity index (χ1v) is 9.83. The van der Waals surface area contributed by atoms with Crippen molar-refractivity contribution in [2.45, 2.75) is 13.0 Å². The number of carbonyl (C=O) groups is 1. The minimum absolute atomic E-state index is 0.0193. The largest absolute Gasteiger partial charge is 0.485 e. The van der Waals surface area contributed by atoms with Gasteiger partial charge in [-0.1, -0.05) is 54.1 Å². The summed E-state index contributed by atoms with van der Waals surface area (Å²) in [4.78, 5) is 26.2. The van der Waals surface area contributed by atoms with Crippen molar-refractivity contribution < 1.29 is 23.4 Å². The molecule has 0 N–H and O–H groups in total. The third-order valence-electron chi connectivity index (χ3n) is 5.01. The number of aryl methyl sites for hydroxylation is 1. The van der Waals surface area contributed by atoms with Gasteiger partial charge < -0.3 is 18.6 Å². The van der Waals surface area contributed by atoms with Crippen LogP contribution >= 0.6 is 0 Å². The highest BCUT2D eigenvalue weighted by Crippen LogP contribution is 2.33. The standard InChI is InChI=1S/C25H18O6/c1-15-11-12-18-17(13-15)22(26)24(23(30-18)16-7-3-2-4-8-16)31-25(27)21-14-28-19-9-5-6-10-20(19)29-21/h2-13,21H,14H2,1H3/t21-/m1/s1. The molecule has 6 heteroatoms. The Hall–Kier alpha value is -4.06. The number of esters is 1. The predicted octanol–water partition coefficient (Wildman–Crippen LogP) is 4.51. The highest BCUT2D eigenvalue weighted by Gasteiger charge is 2.31. The molecule has 0 aliphatic carbocycles. The van der Waals surface area contributed by atoms with Gasteiger partial charge in [-0.3, -0.25) is 4.79 Å². The summed E-state index contributed by atoms with van der Waals surface area (Å²) in [7, 11) is 0. The predicted molar refractivity (Wildman–Crippen MR) is 115 cm³/mol. The van der Waals surface area contributed by atoms with Crippen LogP contribution in [0.15, 0.2) is 82.0 Å². The summed E-state index contributed by atoms with van der Waals surface area (Å²) in [5.74, 6) is 0.285. The van der Waals surface area contributed by atoms with Crippen LogP contribution in [0.3, 0.4) is 0 Å². The fourth-order valence-corrected chi connectivity index (χ4v) is 3.47. The smallest absolute Gasteiger partial charge is 0.356 e. The summed E-state index contributed by atoms with van der Waals surface area (Å²) in [5, 5.41) is 0.341. The van der Waals surface area contributed by atoms with Crippen LogP contribution in [-0.2, 0) is 4.79 Å². The van der Waals surface area contributed by atoms with Gasteiger partial charge in [0.05, 0.1) is 5.39 Å². The van der Waals surface area contributed by atoms with Gasteiger partial charge in [-0.25, -0.2) is 4.79 Å². The Morgan fingerprint density at radius 2 is 1.71 bits per heavy atom. The lowest BCUT2D eigenvalue weighted by atomic mass is 10.1. The molecule has 0 bridgehead atoms. The molecule has 5 rings (SSSR count). The Bertz CT molecular complexity index is 1340. The summed E-state index contributed by atoms with van der Waals surface area (Å²) >= 11 is 0. The fraction of sp³-hybridized carbons (Fsp3) is 0.120. The first kappa shape index (κ1) is 18.9. The number of hydrogen-bond donors (Lipinski definition) is 0. The molecule has 0 saturated heterocycles. The minimum atomic E-state index is -1.01. The first-order chi connectivity index (χ1) is 15.1. The number of carbonyl (C=O) groups excluding carboxylic acids is 1. The van der Waals surface area contributed by atoms with Gasteiger partial charge in [0.25, 0.3) is 0 Å². The number of rotatable bonds is 3. The monoisotopic (exact) mass is 414 g/mol. The van der Waals surface area contributed by atoms with Crippen LogP contribution in [0.5, 0.6) is 17.2 Å². The van der Waals surface area contributed by atoms with Crippen LogP contribution < -0.4 is 19.6 Å². The number of benzene rings is 3. The molecule has 1 aliphatic rings. The molecule has 4 aromatic rings. The Balaban J connectivity index is 1.56. The van der Waals surface area contributed by atoms with Crippen molar-refractivity contribution in [2.75, 3.05) is 6.61 Å². The molecular weight excluding hydrogens is 396 g/mol. The second-order valence-corrected chi connectivity index (χ2v) is 7.24. The van der Waals surface area contributed by atoms with Crippen LogP contribution in [0, 0.1) is 6.92 Å². The zero-order valence-corrected chi connectivity index (χ0v) is 16.7. The van der Waals surface area contributed by atoms with Crippen molar-refractivity contribution in [3.05, 3.63) is 88.6 Å². The van der Waals surface area contributed by atoms with E-state index in [1.54, 1.807) is 42.5 Å². The van der Waals surface area contributed by atoms with E-state index in [1.165, 1.54) is 0 Å². The second kappa shape index (κ2) is 7.65. The maximum atomic E-state index is 13.3. The van der Waals surface area contributed by atoms with Gasteiger partial charge in [0.2, 0.25) is 17.3 Å². The molecule has 0 amide bonds. The lowest BCUT2D eigenvalue weighted by Gasteiger charge is -2.25. The third-order valence-corrected chi connectivity index (χ3v) is 5.01. The Morgan fingerprint density at radius 3 is 2.52 bits per heavy atom. The minimum Gasteiger partial charge on any atom is -0.485 e. The van der Waals surface area contributed by atoms with E-state index in [9.17, 15) is 9.59 Å². The highest BCUT2D eigenvalue weighted by molar-refractivity contribution is 5.86. The van der Waals surface area contributed by atoms with Crippen LogP contribution in [0.2, 0.25) is 0 Å². The summed E-state index contributed by atoms with van der Waals surface area (Å²) in [6.45, 7) is 1.86. The number of ether oxygens (including phenoxy) is 3. The van der Waals surface area contributed by atoms with Crippen molar-refractivity contribution in [1.29, 1.82) is 0 Å². The molecule has 0 saturated carbocycles. The van der Waals surface area contributed by atoms with Crippen molar-refractivity contribution in [3.8, 4) is 28.6 Å². The van der Waals surface area contributed by atoms with Gasteiger partial charge in [0.1, 0.15) is 12.2 Å². The first-order valence-electron chi connectivity index (χ1n) is 9.83. The van der Waals surface area contributed by atoms with Crippen molar-refractivity contribution >= 4 is 16.9 Å². The average Bonchev–Trinajstić information content (AvgIpc) is 2.81. The van der Waals surface area contributed by atoms with E-state index in [0.29, 0.717) is 28.0 Å². The zero-order valence-electron chi connectivity index (χ0n) is 16.7. The molecular formula is C25H18O6. The lowest BCUT2D eigenvalue weighted by molar-refractivity contribution is -0.144. The van der Waals surface area contributed by atoms with Gasteiger partial charge in [-0.15, -0.1) is 0 Å². The van der Waals surface area contributed by atoms with Gasteiger partial charge in [-0.2, -0.15) is 0 Å². The van der Waals surface area contributed by atoms with Crippen molar-refractivity contribution in [1.82, 2.24) is 0 Å². The molecule has 0 radical (unpaired) electrons. The number of fused-ring (bicyclic) bond motifs is 2. The molecule has 31 heavy (non-hydrogen) atoms. The molecule has 3 aromatic carbocycles. The van der Waals surface area contributed by atoms with Crippen LogP contribution in [0.1, 0.15) is 5.56 Å².